The van der Waals surface area contributed by atoms with Crippen LogP contribution in [0.3, 0.4) is 0 Å². The fourth-order valence-electron chi connectivity index (χ4n) is 0.420. The number of rotatable bonds is 0. The molecule has 4 nitrogen and oxygen atoms in total. The first-order valence-electron chi connectivity index (χ1n) is 2.19. The Kier molecular flexibility index (Phi) is 4.55. The van der Waals surface area contributed by atoms with Gasteiger partial charge in [0.25, 0.3) is 0 Å². The number of hydrogen-bond donors (Lipinski definition) is 3. The number of nitrogens with one attached hydrogen (secondary N) is 2. The van der Waals surface area contributed by atoms with Gasteiger partial charge < -0.3 is 5.11 Å². The van der Waals surface area contributed by atoms with Gasteiger partial charge in [-0.05, 0) is 6.08 Å². The molecule has 0 saturated carbocycles. The minimum absolute atomic E-state index is 0. The maximum absolute atomic E-state index is 8.95. The van der Waals surface area contributed by atoms with E-state index in [-0.39, 0.29) is 29.6 Å². The molecule has 1 atom stereocenters. The van der Waals surface area contributed by atoms with Gasteiger partial charge >= 0.3 is 29.6 Å². The molecule has 0 aromatic rings. The van der Waals surface area contributed by atoms with Gasteiger partial charge in [0.2, 0.25) is 5.18 Å². The molecular weight excluding hydrogens is 188 g/mol. The predicted octanol–water partition coefficient (Wildman–Crippen LogP) is -0.785. The summed E-state index contributed by atoms with van der Waals surface area (Å²) in [5.41, 5.74) is 4.78. The summed E-state index contributed by atoms with van der Waals surface area (Å²) in [7, 11) is 0. The van der Waals surface area contributed by atoms with Crippen LogP contribution in [0.25, 0.3) is 0 Å². The normalized spacial score (nSPS) is 32.7. The van der Waals surface area contributed by atoms with Gasteiger partial charge in [0.05, 0.1) is 0 Å². The first kappa shape index (κ1) is 11.0. The topological polar surface area (TPSA) is 47.5 Å². The van der Waals surface area contributed by atoms with E-state index >= 15 is 0 Å². The Morgan fingerprint density at radius 3 is 2.50 bits per heavy atom. The summed E-state index contributed by atoms with van der Waals surface area (Å²) in [6, 6.07) is 0. The van der Waals surface area contributed by atoms with Gasteiger partial charge in [-0.2, -0.15) is 5.43 Å². The number of nitrogens with zero attached hydrogens (tertiary/aromatic N) is 1. The summed E-state index contributed by atoms with van der Waals surface area (Å²) in [4.78, 5) is 0. The minimum atomic E-state index is -1.58. The van der Waals surface area contributed by atoms with Gasteiger partial charge in [-0.15, -0.1) is 0 Å². The zero-order chi connectivity index (χ0) is 6.91. The Balaban J connectivity index is 0.000000810. The van der Waals surface area contributed by atoms with E-state index in [1.165, 1.54) is 12.3 Å². The quantitative estimate of drug-likeness (QED) is 0.205. The Hall–Kier alpha value is 1.000. The second-order valence-corrected chi connectivity index (χ2v) is 2.44. The van der Waals surface area contributed by atoms with E-state index < -0.39 is 5.18 Å². The van der Waals surface area contributed by atoms with Crippen LogP contribution in [0.1, 0.15) is 0 Å². The molecule has 54 valence electrons. The van der Waals surface area contributed by atoms with Crippen molar-refractivity contribution in [2.45, 2.75) is 5.18 Å². The Labute approximate surface area is 90.5 Å². The zero-order valence-electron chi connectivity index (χ0n) is 4.31. The third-order valence-corrected chi connectivity index (χ3v) is 1.14. The van der Waals surface area contributed by atoms with E-state index in [0.717, 1.165) is 4.64 Å². The average Bonchev–Trinajstić information content (AvgIpc) is 1.60. The Morgan fingerprint density at radius 2 is 2.20 bits per heavy atom. The van der Waals surface area contributed by atoms with E-state index in [1.54, 1.807) is 0 Å². The fraction of sp³-hybridized carbons (Fsp3) is 0.333. The van der Waals surface area contributed by atoms with Crippen molar-refractivity contribution in [2.75, 3.05) is 0 Å². The molecule has 0 bridgehead atoms. The van der Waals surface area contributed by atoms with Crippen molar-refractivity contribution in [3.05, 3.63) is 12.3 Å². The molecule has 1 aliphatic heterocycles. The predicted molar refractivity (Wildman–Crippen MR) is 41.1 cm³/mol. The van der Waals surface area contributed by atoms with Crippen LogP contribution in [0.2, 0.25) is 0 Å². The van der Waals surface area contributed by atoms with Crippen molar-refractivity contribution in [3.63, 3.8) is 0 Å². The molecule has 0 fully saturated rings. The third-order valence-electron chi connectivity index (χ3n) is 0.747. The van der Waals surface area contributed by atoms with Crippen LogP contribution >= 0.6 is 23.4 Å². The molecule has 7 heteroatoms. The molecule has 3 N–H and O–H groups in total. The number of halogens is 2. The van der Waals surface area contributed by atoms with Gasteiger partial charge in [-0.25, -0.2) is 0 Å². The summed E-state index contributed by atoms with van der Waals surface area (Å²) in [6.45, 7) is 0. The fourth-order valence-corrected chi connectivity index (χ4v) is 0.796. The molecule has 0 aliphatic carbocycles. The summed E-state index contributed by atoms with van der Waals surface area (Å²) >= 11 is 10.7. The van der Waals surface area contributed by atoms with Crippen LogP contribution in [0.4, 0.5) is 0 Å². The van der Waals surface area contributed by atoms with Gasteiger partial charge in [0, 0.05) is 18.0 Å². The number of hydrazine groups is 2. The molecule has 0 radical (unpaired) electrons. The molecule has 1 unspecified atom stereocenters. The van der Waals surface area contributed by atoms with E-state index in [9.17, 15) is 0 Å². The molecule has 0 amide bonds. The molecule has 0 aromatic carbocycles. The molecule has 1 heterocycles. The number of hydrogen-bond acceptors (Lipinski definition) is 4. The average molecular weight is 194 g/mol. The van der Waals surface area contributed by atoms with Gasteiger partial charge in [-0.3, -0.25) is 5.43 Å². The molecule has 0 aromatic heterocycles. The van der Waals surface area contributed by atoms with E-state index in [1.807, 2.05) is 0 Å². The van der Waals surface area contributed by atoms with Crippen LogP contribution < -0.4 is 10.9 Å². The third kappa shape index (κ3) is 3.41. The van der Waals surface area contributed by atoms with Crippen molar-refractivity contribution in [3.8, 4) is 0 Å². The van der Waals surface area contributed by atoms with E-state index in [4.69, 9.17) is 28.5 Å². The molecule has 1 aliphatic rings. The summed E-state index contributed by atoms with van der Waals surface area (Å²) < 4.78 is 0.924. The molecule has 1 rings (SSSR count). The van der Waals surface area contributed by atoms with E-state index in [2.05, 4.69) is 10.9 Å². The summed E-state index contributed by atoms with van der Waals surface area (Å²) in [6.07, 6.45) is 2.73. The number of aliphatic hydroxyl groups is 1. The van der Waals surface area contributed by atoms with E-state index in [0.29, 0.717) is 0 Å². The van der Waals surface area contributed by atoms with Crippen LogP contribution in [0.5, 0.6) is 0 Å². The molecule has 0 saturated heterocycles. The molecule has 0 spiro atoms. The monoisotopic (exact) mass is 193 g/mol. The SMILES string of the molecule is OC1(Cl)C=CNN(Cl)N1.[NaH]. The Bertz CT molecular complexity index is 142. The van der Waals surface area contributed by atoms with Crippen molar-refractivity contribution in [1.82, 2.24) is 15.5 Å². The van der Waals surface area contributed by atoms with Crippen molar-refractivity contribution < 1.29 is 5.11 Å². The maximum atomic E-state index is 8.95. The Morgan fingerprint density at radius 1 is 1.60 bits per heavy atom. The second-order valence-electron chi connectivity index (χ2n) is 1.53. The van der Waals surface area contributed by atoms with Gasteiger partial charge in [0.1, 0.15) is 0 Å². The standard InChI is InChI=1S/C3H5Cl2N3O.Na.H/c4-3(9)1-2-6-8(5)7-3;;/h1-2,6-7,9H;;. The summed E-state index contributed by atoms with van der Waals surface area (Å²) in [5.74, 6) is 0. The first-order chi connectivity index (χ1) is 4.10. The van der Waals surface area contributed by atoms with Crippen molar-refractivity contribution in [2.24, 2.45) is 0 Å². The van der Waals surface area contributed by atoms with Crippen LogP contribution in [-0.4, -0.2) is 44.5 Å². The van der Waals surface area contributed by atoms with Crippen LogP contribution in [-0.2, 0) is 0 Å². The van der Waals surface area contributed by atoms with Gasteiger partial charge in [0.15, 0.2) is 0 Å². The zero-order valence-corrected chi connectivity index (χ0v) is 5.82. The van der Waals surface area contributed by atoms with Gasteiger partial charge in [-0.1, -0.05) is 16.2 Å². The first-order valence-corrected chi connectivity index (χ1v) is 2.91. The molecule has 10 heavy (non-hydrogen) atoms. The van der Waals surface area contributed by atoms with Crippen LogP contribution in [0, 0.1) is 0 Å². The summed E-state index contributed by atoms with van der Waals surface area (Å²) in [5, 5.41) is 7.37. The van der Waals surface area contributed by atoms with Crippen molar-refractivity contribution in [1.29, 1.82) is 0 Å². The van der Waals surface area contributed by atoms with Crippen LogP contribution in [0.15, 0.2) is 12.3 Å². The van der Waals surface area contributed by atoms with Crippen molar-refractivity contribution >= 4 is 52.9 Å². The number of alkyl halides is 1. The second kappa shape index (κ2) is 4.13. The molecular formula is C3H6Cl2N3NaO.